The first-order valence-corrected chi connectivity index (χ1v) is 12.1. The van der Waals surface area contributed by atoms with Gasteiger partial charge in [-0.15, -0.1) is 0 Å². The van der Waals surface area contributed by atoms with Gasteiger partial charge in [0.05, 0.1) is 10.0 Å². The normalized spacial score (nSPS) is 19.7. The first-order valence-electron chi connectivity index (χ1n) is 11.3. The van der Waals surface area contributed by atoms with Crippen molar-refractivity contribution in [1.82, 2.24) is 9.88 Å². The van der Waals surface area contributed by atoms with Crippen LogP contribution in [0.25, 0.3) is 0 Å². The maximum Gasteiger partial charge on any atom is 0.228 e. The van der Waals surface area contributed by atoms with Gasteiger partial charge in [0.25, 0.3) is 0 Å². The van der Waals surface area contributed by atoms with E-state index >= 15 is 0 Å². The highest BCUT2D eigenvalue weighted by Crippen LogP contribution is 2.41. The SMILES string of the molecule is C[C@@H](c1ccccc1)N(C)CCC1(c2ccc(Cl)c(Cl)c2)CCC(=O)N(c2ccccn2)C1. The average Bonchev–Trinajstić information content (AvgIpc) is 2.86. The van der Waals surface area contributed by atoms with E-state index in [0.29, 0.717) is 28.8 Å². The number of pyridine rings is 1. The van der Waals surface area contributed by atoms with Crippen LogP contribution in [0.3, 0.4) is 0 Å². The van der Waals surface area contributed by atoms with Gasteiger partial charge in [-0.25, -0.2) is 4.98 Å². The lowest BCUT2D eigenvalue weighted by Gasteiger charge is -2.44. The molecule has 6 heteroatoms. The van der Waals surface area contributed by atoms with Crippen molar-refractivity contribution in [3.8, 4) is 0 Å². The first kappa shape index (κ1) is 23.7. The number of carbonyl (C=O) groups excluding carboxylic acids is 1. The number of nitrogens with zero attached hydrogens (tertiary/aromatic N) is 3. The summed E-state index contributed by atoms with van der Waals surface area (Å²) >= 11 is 12.7. The average molecular weight is 482 g/mol. The van der Waals surface area contributed by atoms with E-state index in [1.807, 2.05) is 41.3 Å². The molecule has 3 aromatic rings. The zero-order chi connectivity index (χ0) is 23.4. The predicted molar refractivity (Wildman–Crippen MR) is 136 cm³/mol. The molecule has 1 aromatic heterocycles. The van der Waals surface area contributed by atoms with E-state index in [2.05, 4.69) is 54.2 Å². The number of rotatable bonds is 7. The topological polar surface area (TPSA) is 36.4 Å². The number of piperidine rings is 1. The van der Waals surface area contributed by atoms with Gasteiger partial charge in [0.1, 0.15) is 5.82 Å². The molecule has 0 bridgehead atoms. The number of benzene rings is 2. The zero-order valence-corrected chi connectivity index (χ0v) is 20.6. The lowest BCUT2D eigenvalue weighted by Crippen LogP contribution is -2.50. The Kier molecular flexibility index (Phi) is 7.38. The molecule has 172 valence electrons. The second-order valence-corrected chi connectivity index (χ2v) is 9.71. The second-order valence-electron chi connectivity index (χ2n) is 8.89. The molecule has 0 aliphatic carbocycles. The van der Waals surface area contributed by atoms with E-state index in [0.717, 1.165) is 24.9 Å². The molecule has 2 aromatic carbocycles. The predicted octanol–water partition coefficient (Wildman–Crippen LogP) is 6.54. The molecule has 2 atom stereocenters. The van der Waals surface area contributed by atoms with Crippen molar-refractivity contribution in [3.63, 3.8) is 0 Å². The largest absolute Gasteiger partial charge is 0.300 e. The lowest BCUT2D eigenvalue weighted by molar-refractivity contribution is -0.120. The summed E-state index contributed by atoms with van der Waals surface area (Å²) in [6, 6.07) is 22.4. The number of carbonyl (C=O) groups is 1. The number of hydrogen-bond donors (Lipinski definition) is 0. The Morgan fingerprint density at radius 1 is 1.06 bits per heavy atom. The van der Waals surface area contributed by atoms with Crippen LogP contribution < -0.4 is 4.90 Å². The molecule has 1 aliphatic rings. The number of hydrogen-bond acceptors (Lipinski definition) is 3. The third-order valence-corrected chi connectivity index (χ3v) is 7.66. The van der Waals surface area contributed by atoms with Gasteiger partial charge in [-0.1, -0.05) is 65.7 Å². The standard InChI is InChI=1S/C27H29Cl2N3O/c1-20(21-8-4-3-5-9-21)31(2)17-15-27(22-11-12-23(28)24(29)18-22)14-13-26(33)32(19-27)25-10-6-7-16-30-25/h3-12,16,18,20H,13-15,17,19H2,1-2H3/t20-,27?/m0/s1. The fourth-order valence-electron chi connectivity index (χ4n) is 4.65. The fraction of sp³-hybridized carbons (Fsp3) is 0.333. The summed E-state index contributed by atoms with van der Waals surface area (Å²) in [4.78, 5) is 21.5. The van der Waals surface area contributed by atoms with Gasteiger partial charge < -0.3 is 0 Å². The monoisotopic (exact) mass is 481 g/mol. The molecule has 1 aliphatic heterocycles. The molecule has 2 heterocycles. The summed E-state index contributed by atoms with van der Waals surface area (Å²) in [5.41, 5.74) is 2.16. The quantitative estimate of drug-likeness (QED) is 0.384. The summed E-state index contributed by atoms with van der Waals surface area (Å²) in [6.07, 6.45) is 3.85. The van der Waals surface area contributed by atoms with Gasteiger partial charge in [0.15, 0.2) is 0 Å². The van der Waals surface area contributed by atoms with E-state index in [4.69, 9.17) is 23.2 Å². The summed E-state index contributed by atoms with van der Waals surface area (Å²) in [5, 5.41) is 1.08. The van der Waals surface area contributed by atoms with Gasteiger partial charge in [-0.2, -0.15) is 0 Å². The molecule has 1 fully saturated rings. The molecule has 1 amide bonds. The van der Waals surface area contributed by atoms with E-state index in [1.165, 1.54) is 5.56 Å². The van der Waals surface area contributed by atoms with Crippen LogP contribution in [0.15, 0.2) is 72.9 Å². The Morgan fingerprint density at radius 2 is 1.82 bits per heavy atom. The number of aromatic nitrogens is 1. The Morgan fingerprint density at radius 3 is 2.52 bits per heavy atom. The highest BCUT2D eigenvalue weighted by molar-refractivity contribution is 6.42. The molecule has 1 saturated heterocycles. The summed E-state index contributed by atoms with van der Waals surface area (Å²) < 4.78 is 0. The van der Waals surface area contributed by atoms with Gasteiger partial charge in [-0.05, 0) is 68.8 Å². The van der Waals surface area contributed by atoms with Gasteiger partial charge >= 0.3 is 0 Å². The van der Waals surface area contributed by atoms with E-state index < -0.39 is 0 Å². The molecule has 0 N–H and O–H groups in total. The van der Waals surface area contributed by atoms with Crippen LogP contribution in [0, 0.1) is 0 Å². The van der Waals surface area contributed by atoms with Crippen LogP contribution in [0.5, 0.6) is 0 Å². The first-order chi connectivity index (χ1) is 15.9. The van der Waals surface area contributed by atoms with Gasteiger partial charge in [0, 0.05) is 30.6 Å². The van der Waals surface area contributed by atoms with Crippen LogP contribution in [0.1, 0.15) is 43.4 Å². The highest BCUT2D eigenvalue weighted by Gasteiger charge is 2.41. The molecule has 0 radical (unpaired) electrons. The fourth-order valence-corrected chi connectivity index (χ4v) is 4.95. The Hall–Kier alpha value is -2.40. The zero-order valence-electron chi connectivity index (χ0n) is 19.0. The van der Waals surface area contributed by atoms with Crippen molar-refractivity contribution in [1.29, 1.82) is 0 Å². The highest BCUT2D eigenvalue weighted by atomic mass is 35.5. The van der Waals surface area contributed by atoms with Crippen molar-refractivity contribution >= 4 is 34.9 Å². The smallest absolute Gasteiger partial charge is 0.228 e. The molecule has 33 heavy (non-hydrogen) atoms. The van der Waals surface area contributed by atoms with Crippen molar-refractivity contribution in [3.05, 3.63) is 94.1 Å². The molecule has 0 spiro atoms. The van der Waals surface area contributed by atoms with Crippen molar-refractivity contribution in [2.45, 2.75) is 37.6 Å². The van der Waals surface area contributed by atoms with Crippen LogP contribution >= 0.6 is 23.2 Å². The van der Waals surface area contributed by atoms with Gasteiger partial charge in [-0.3, -0.25) is 14.6 Å². The second kappa shape index (κ2) is 10.3. The number of amides is 1. The van der Waals surface area contributed by atoms with E-state index in [9.17, 15) is 4.79 Å². The molecule has 0 saturated carbocycles. The van der Waals surface area contributed by atoms with Crippen LogP contribution in [-0.2, 0) is 10.2 Å². The van der Waals surface area contributed by atoms with Gasteiger partial charge in [0.2, 0.25) is 5.91 Å². The summed E-state index contributed by atoms with van der Waals surface area (Å²) in [6.45, 7) is 3.67. The van der Waals surface area contributed by atoms with Crippen molar-refractivity contribution in [2.75, 3.05) is 25.0 Å². The van der Waals surface area contributed by atoms with Crippen molar-refractivity contribution < 1.29 is 4.79 Å². The minimum atomic E-state index is -0.246. The maximum absolute atomic E-state index is 12.9. The molecule has 4 rings (SSSR count). The minimum absolute atomic E-state index is 0.107. The van der Waals surface area contributed by atoms with E-state index in [-0.39, 0.29) is 17.4 Å². The number of anilines is 1. The van der Waals surface area contributed by atoms with Crippen LogP contribution in [0.4, 0.5) is 5.82 Å². The van der Waals surface area contributed by atoms with Crippen LogP contribution in [0.2, 0.25) is 10.0 Å². The Bertz CT molecular complexity index is 1090. The molecule has 4 nitrogen and oxygen atoms in total. The summed E-state index contributed by atoms with van der Waals surface area (Å²) in [7, 11) is 2.16. The van der Waals surface area contributed by atoms with Crippen molar-refractivity contribution in [2.24, 2.45) is 0 Å². The Labute approximate surface area is 206 Å². The van der Waals surface area contributed by atoms with E-state index in [1.54, 1.807) is 6.20 Å². The summed E-state index contributed by atoms with van der Waals surface area (Å²) in [5.74, 6) is 0.799. The third kappa shape index (κ3) is 5.24. The Balaban J connectivity index is 1.63. The molecular formula is C27H29Cl2N3O. The maximum atomic E-state index is 12.9. The molecular weight excluding hydrogens is 453 g/mol. The molecule has 1 unspecified atom stereocenters. The number of halogens is 2. The lowest BCUT2D eigenvalue weighted by atomic mass is 9.71. The minimum Gasteiger partial charge on any atom is -0.300 e. The third-order valence-electron chi connectivity index (χ3n) is 6.92. The van der Waals surface area contributed by atoms with Crippen LogP contribution in [-0.4, -0.2) is 35.9 Å².